The number of unbranched alkanes of at least 4 members (excludes halogenated alkanes) is 3. The van der Waals surface area contributed by atoms with Gasteiger partial charge in [-0.2, -0.15) is 0 Å². The zero-order valence-electron chi connectivity index (χ0n) is 14.8. The Labute approximate surface area is 147 Å². The Kier molecular flexibility index (Phi) is 6.74. The van der Waals surface area contributed by atoms with E-state index in [-0.39, 0.29) is 18.1 Å². The van der Waals surface area contributed by atoms with Gasteiger partial charge in [0, 0.05) is 38.0 Å². The van der Waals surface area contributed by atoms with Crippen LogP contribution in [0.15, 0.2) is 30.3 Å². The number of aromatic nitrogens is 1. The molecule has 0 fully saturated rings. The van der Waals surface area contributed by atoms with Crippen molar-refractivity contribution in [3.63, 3.8) is 0 Å². The van der Waals surface area contributed by atoms with Crippen molar-refractivity contribution in [3.8, 4) is 0 Å². The van der Waals surface area contributed by atoms with Crippen molar-refractivity contribution in [2.75, 3.05) is 13.6 Å². The van der Waals surface area contributed by atoms with Crippen LogP contribution in [0, 0.1) is 0 Å². The molecule has 6 heteroatoms. The van der Waals surface area contributed by atoms with Gasteiger partial charge in [0.1, 0.15) is 5.69 Å². The van der Waals surface area contributed by atoms with Crippen molar-refractivity contribution in [3.05, 3.63) is 36.0 Å². The normalized spacial score (nSPS) is 10.6. The first kappa shape index (κ1) is 18.7. The molecule has 134 valence electrons. The smallest absolute Gasteiger partial charge is 0.287 e. The van der Waals surface area contributed by atoms with Gasteiger partial charge in [-0.15, -0.1) is 0 Å². The Morgan fingerprint density at radius 3 is 2.48 bits per heavy atom. The Morgan fingerprint density at radius 2 is 1.76 bits per heavy atom. The fourth-order valence-corrected chi connectivity index (χ4v) is 2.82. The number of Topliss-reactive ketones (excluding diaryl/α,β-unsaturated/α-hetero) is 1. The first-order valence-corrected chi connectivity index (χ1v) is 8.62. The van der Waals surface area contributed by atoms with Crippen molar-refractivity contribution in [2.24, 2.45) is 7.05 Å². The molecule has 2 amide bonds. The molecule has 2 N–H and O–H groups in total. The average molecular weight is 343 g/mol. The SMILES string of the molecule is CNC(=O)C(=O)CCCCCCNC(=O)c1cc2ccccc2n1C. The number of fused-ring (bicyclic) bond motifs is 1. The van der Waals surface area contributed by atoms with Crippen LogP contribution >= 0.6 is 0 Å². The summed E-state index contributed by atoms with van der Waals surface area (Å²) < 4.78 is 1.90. The summed E-state index contributed by atoms with van der Waals surface area (Å²) in [5, 5.41) is 6.32. The lowest BCUT2D eigenvalue weighted by molar-refractivity contribution is -0.137. The summed E-state index contributed by atoms with van der Waals surface area (Å²) in [7, 11) is 3.35. The molecule has 1 heterocycles. The molecule has 0 atom stereocenters. The molecule has 0 saturated carbocycles. The van der Waals surface area contributed by atoms with Gasteiger partial charge in [-0.25, -0.2) is 0 Å². The van der Waals surface area contributed by atoms with Crippen LogP contribution in [0.2, 0.25) is 0 Å². The molecule has 0 radical (unpaired) electrons. The van der Waals surface area contributed by atoms with E-state index < -0.39 is 5.91 Å². The molecular weight excluding hydrogens is 318 g/mol. The molecule has 2 rings (SSSR count). The number of rotatable bonds is 9. The molecule has 1 aromatic heterocycles. The number of para-hydroxylation sites is 1. The third kappa shape index (κ3) is 4.92. The lowest BCUT2D eigenvalue weighted by atomic mass is 10.1. The molecule has 1 aromatic carbocycles. The molecule has 0 aliphatic heterocycles. The van der Waals surface area contributed by atoms with Crippen LogP contribution in [0.3, 0.4) is 0 Å². The van der Waals surface area contributed by atoms with Crippen molar-refractivity contribution >= 4 is 28.5 Å². The van der Waals surface area contributed by atoms with Gasteiger partial charge in [-0.1, -0.05) is 31.0 Å². The molecule has 0 aliphatic carbocycles. The highest BCUT2D eigenvalue weighted by Gasteiger charge is 2.12. The van der Waals surface area contributed by atoms with Crippen LogP contribution in [0.5, 0.6) is 0 Å². The van der Waals surface area contributed by atoms with Crippen LogP contribution in [0.25, 0.3) is 10.9 Å². The number of hydrogen-bond donors (Lipinski definition) is 2. The van der Waals surface area contributed by atoms with Crippen molar-refractivity contribution in [1.82, 2.24) is 15.2 Å². The van der Waals surface area contributed by atoms with Crippen LogP contribution in [-0.2, 0) is 16.6 Å². The lowest BCUT2D eigenvalue weighted by Gasteiger charge is -2.06. The molecule has 2 aromatic rings. The topological polar surface area (TPSA) is 80.2 Å². The van der Waals surface area contributed by atoms with Crippen LogP contribution in [0.4, 0.5) is 0 Å². The molecular formula is C19H25N3O3. The fraction of sp³-hybridized carbons (Fsp3) is 0.421. The Bertz CT molecular complexity index is 764. The number of nitrogens with one attached hydrogen (secondary N) is 2. The summed E-state index contributed by atoms with van der Waals surface area (Å²) in [5.74, 6) is -0.970. The van der Waals surface area contributed by atoms with Gasteiger partial charge in [0.2, 0.25) is 5.78 Å². The van der Waals surface area contributed by atoms with Gasteiger partial charge in [0.05, 0.1) is 0 Å². The summed E-state index contributed by atoms with van der Waals surface area (Å²) in [6, 6.07) is 9.80. The summed E-state index contributed by atoms with van der Waals surface area (Å²) in [4.78, 5) is 34.7. The number of ketones is 1. The average Bonchev–Trinajstić information content (AvgIpc) is 2.97. The molecule has 0 bridgehead atoms. The first-order valence-electron chi connectivity index (χ1n) is 8.62. The third-order valence-electron chi connectivity index (χ3n) is 4.28. The van der Waals surface area contributed by atoms with Crippen LogP contribution in [0.1, 0.15) is 42.6 Å². The van der Waals surface area contributed by atoms with Gasteiger partial charge in [0.25, 0.3) is 11.8 Å². The molecule has 0 saturated heterocycles. The van der Waals surface area contributed by atoms with E-state index in [2.05, 4.69) is 10.6 Å². The maximum Gasteiger partial charge on any atom is 0.287 e. The maximum absolute atomic E-state index is 12.3. The van der Waals surface area contributed by atoms with Gasteiger partial charge in [0.15, 0.2) is 0 Å². The molecule has 25 heavy (non-hydrogen) atoms. The fourth-order valence-electron chi connectivity index (χ4n) is 2.82. The van der Waals surface area contributed by atoms with E-state index in [0.29, 0.717) is 18.7 Å². The monoisotopic (exact) mass is 343 g/mol. The summed E-state index contributed by atoms with van der Waals surface area (Å²) in [5.41, 5.74) is 1.69. The number of carbonyl (C=O) groups is 3. The summed E-state index contributed by atoms with van der Waals surface area (Å²) >= 11 is 0. The van der Waals surface area contributed by atoms with E-state index >= 15 is 0 Å². The Balaban J connectivity index is 1.68. The van der Waals surface area contributed by atoms with E-state index in [4.69, 9.17) is 0 Å². The summed E-state index contributed by atoms with van der Waals surface area (Å²) in [6.45, 7) is 0.601. The minimum absolute atomic E-state index is 0.0755. The standard InChI is InChI=1S/C19H25N3O3/c1-20-19(25)17(23)11-5-3-4-8-12-21-18(24)16-13-14-9-6-7-10-15(14)22(16)2/h6-7,9-10,13H,3-5,8,11-12H2,1-2H3,(H,20,25)(H,21,24). The van der Waals surface area contributed by atoms with Crippen molar-refractivity contribution in [2.45, 2.75) is 32.1 Å². The number of nitrogens with zero attached hydrogens (tertiary/aromatic N) is 1. The Hall–Kier alpha value is -2.63. The predicted octanol–water partition coefficient (Wildman–Crippen LogP) is 2.17. The van der Waals surface area contributed by atoms with E-state index in [9.17, 15) is 14.4 Å². The van der Waals surface area contributed by atoms with Crippen LogP contribution in [-0.4, -0.2) is 35.8 Å². The number of amides is 2. The second kappa shape index (κ2) is 9.01. The zero-order chi connectivity index (χ0) is 18.2. The number of aryl methyl sites for hydroxylation is 1. The molecule has 6 nitrogen and oxygen atoms in total. The quantitative estimate of drug-likeness (QED) is 0.541. The van der Waals surface area contributed by atoms with E-state index in [1.54, 1.807) is 0 Å². The second-order valence-electron chi connectivity index (χ2n) is 6.07. The highest BCUT2D eigenvalue weighted by Crippen LogP contribution is 2.18. The number of hydrogen-bond acceptors (Lipinski definition) is 3. The van der Waals surface area contributed by atoms with E-state index in [1.165, 1.54) is 7.05 Å². The highest BCUT2D eigenvalue weighted by molar-refractivity contribution is 6.36. The van der Waals surface area contributed by atoms with Crippen molar-refractivity contribution in [1.29, 1.82) is 0 Å². The molecule has 0 spiro atoms. The number of benzene rings is 1. The van der Waals surface area contributed by atoms with E-state index in [0.717, 1.165) is 30.2 Å². The van der Waals surface area contributed by atoms with Gasteiger partial charge in [-0.3, -0.25) is 14.4 Å². The molecule has 0 aliphatic rings. The predicted molar refractivity (Wildman–Crippen MR) is 97.4 cm³/mol. The van der Waals surface area contributed by atoms with Crippen LogP contribution < -0.4 is 10.6 Å². The van der Waals surface area contributed by atoms with E-state index in [1.807, 2.05) is 41.9 Å². The Morgan fingerprint density at radius 1 is 1.04 bits per heavy atom. The largest absolute Gasteiger partial charge is 0.353 e. The number of likely N-dealkylation sites (N-methyl/N-ethyl adjacent to an activating group) is 1. The lowest BCUT2D eigenvalue weighted by Crippen LogP contribution is -2.27. The van der Waals surface area contributed by atoms with Gasteiger partial charge in [-0.05, 0) is 25.0 Å². The molecule has 0 unspecified atom stereocenters. The minimum Gasteiger partial charge on any atom is -0.353 e. The third-order valence-corrected chi connectivity index (χ3v) is 4.28. The number of carbonyl (C=O) groups excluding carboxylic acids is 3. The minimum atomic E-state index is -0.526. The highest BCUT2D eigenvalue weighted by atomic mass is 16.2. The van der Waals surface area contributed by atoms with Gasteiger partial charge < -0.3 is 15.2 Å². The zero-order valence-corrected chi connectivity index (χ0v) is 14.8. The second-order valence-corrected chi connectivity index (χ2v) is 6.07. The maximum atomic E-state index is 12.3. The summed E-state index contributed by atoms with van der Waals surface area (Å²) in [6.07, 6.45) is 3.61. The van der Waals surface area contributed by atoms with Gasteiger partial charge >= 0.3 is 0 Å². The van der Waals surface area contributed by atoms with Crippen molar-refractivity contribution < 1.29 is 14.4 Å². The first-order chi connectivity index (χ1) is 12.0.